The van der Waals surface area contributed by atoms with Gasteiger partial charge in [0.25, 0.3) is 0 Å². The van der Waals surface area contributed by atoms with Crippen LogP contribution in [0.25, 0.3) is 5.65 Å². The largest absolute Gasteiger partial charge is 0.350 e. The maximum Gasteiger partial charge on any atom is 0.350 e. The molecular formula is C14H13N3O3S. The molecule has 108 valence electrons. The molecule has 2 aromatic heterocycles. The normalized spacial score (nSPS) is 11.8. The number of benzene rings is 1. The average molecular weight is 303 g/mol. The second-order valence-electron chi connectivity index (χ2n) is 4.57. The summed E-state index contributed by atoms with van der Waals surface area (Å²) < 4.78 is 26.9. The minimum Gasteiger partial charge on any atom is -0.250 e. The monoisotopic (exact) mass is 303 g/mol. The fraction of sp³-hybridized carbons (Fsp3) is 0.143. The van der Waals surface area contributed by atoms with Crippen LogP contribution < -0.4 is 5.69 Å². The minimum absolute atomic E-state index is 0.0255. The van der Waals surface area contributed by atoms with Crippen LogP contribution in [0.5, 0.6) is 0 Å². The third kappa shape index (κ3) is 2.59. The predicted octanol–water partition coefficient (Wildman–Crippen LogP) is 0.970. The third-order valence-electron chi connectivity index (χ3n) is 3.16. The molecule has 6 nitrogen and oxygen atoms in total. The zero-order valence-corrected chi connectivity index (χ0v) is 11.9. The molecule has 0 atom stereocenters. The summed E-state index contributed by atoms with van der Waals surface area (Å²) >= 11 is 0. The van der Waals surface area contributed by atoms with Crippen LogP contribution in [-0.4, -0.2) is 28.4 Å². The highest BCUT2D eigenvalue weighted by atomic mass is 32.2. The lowest BCUT2D eigenvalue weighted by Gasteiger charge is -2.03. The van der Waals surface area contributed by atoms with Gasteiger partial charge in [0, 0.05) is 6.20 Å². The molecule has 0 aliphatic rings. The van der Waals surface area contributed by atoms with E-state index in [1.807, 2.05) is 0 Å². The molecule has 0 aliphatic carbocycles. The molecule has 0 spiro atoms. The first kappa shape index (κ1) is 13.6. The van der Waals surface area contributed by atoms with Gasteiger partial charge in [0.15, 0.2) is 15.5 Å². The highest BCUT2D eigenvalue weighted by Gasteiger charge is 2.15. The lowest BCUT2D eigenvalue weighted by atomic mass is 10.4. The Bertz CT molecular complexity index is 927. The second kappa shape index (κ2) is 5.17. The first-order valence-electron chi connectivity index (χ1n) is 6.40. The van der Waals surface area contributed by atoms with Crippen molar-refractivity contribution in [1.29, 1.82) is 0 Å². The van der Waals surface area contributed by atoms with E-state index < -0.39 is 9.84 Å². The minimum atomic E-state index is -3.42. The van der Waals surface area contributed by atoms with E-state index in [4.69, 9.17) is 0 Å². The summed E-state index contributed by atoms with van der Waals surface area (Å²) in [5.74, 6) is -0.166. The summed E-state index contributed by atoms with van der Waals surface area (Å²) in [6, 6.07) is 13.4. The van der Waals surface area contributed by atoms with Gasteiger partial charge in [-0.1, -0.05) is 24.3 Å². The van der Waals surface area contributed by atoms with Gasteiger partial charge in [-0.25, -0.2) is 17.9 Å². The van der Waals surface area contributed by atoms with E-state index in [0.717, 1.165) is 0 Å². The first-order valence-corrected chi connectivity index (χ1v) is 8.05. The van der Waals surface area contributed by atoms with Crippen LogP contribution in [0, 0.1) is 0 Å². The number of nitrogens with zero attached hydrogens (tertiary/aromatic N) is 3. The van der Waals surface area contributed by atoms with E-state index in [1.54, 1.807) is 54.7 Å². The fourth-order valence-corrected chi connectivity index (χ4v) is 3.29. The molecule has 0 saturated heterocycles. The summed E-state index contributed by atoms with van der Waals surface area (Å²) in [7, 11) is -3.42. The highest BCUT2D eigenvalue weighted by Crippen LogP contribution is 2.10. The Morgan fingerprint density at radius 2 is 1.71 bits per heavy atom. The Balaban J connectivity index is 1.87. The Morgan fingerprint density at radius 3 is 2.43 bits per heavy atom. The van der Waals surface area contributed by atoms with E-state index in [2.05, 4.69) is 5.10 Å². The zero-order valence-electron chi connectivity index (χ0n) is 11.1. The topological polar surface area (TPSA) is 73.4 Å². The van der Waals surface area contributed by atoms with Crippen LogP contribution in [0.4, 0.5) is 0 Å². The summed E-state index contributed by atoms with van der Waals surface area (Å²) in [6.45, 7) is 0.0255. The Kier molecular flexibility index (Phi) is 3.34. The van der Waals surface area contributed by atoms with Gasteiger partial charge < -0.3 is 0 Å². The van der Waals surface area contributed by atoms with Crippen molar-refractivity contribution in [3.63, 3.8) is 0 Å². The molecule has 0 bridgehead atoms. The van der Waals surface area contributed by atoms with Gasteiger partial charge in [0.2, 0.25) is 0 Å². The number of fused-ring (bicyclic) bond motifs is 1. The summed E-state index contributed by atoms with van der Waals surface area (Å²) in [6.07, 6.45) is 1.60. The molecule has 1 aromatic carbocycles. The number of aromatic nitrogens is 3. The van der Waals surface area contributed by atoms with E-state index in [-0.39, 0.29) is 22.9 Å². The smallest absolute Gasteiger partial charge is 0.250 e. The molecular weight excluding hydrogens is 290 g/mol. The fourth-order valence-electron chi connectivity index (χ4n) is 2.07. The Labute approximate surface area is 121 Å². The van der Waals surface area contributed by atoms with Gasteiger partial charge in [-0.05, 0) is 24.3 Å². The van der Waals surface area contributed by atoms with Gasteiger partial charge in [-0.2, -0.15) is 0 Å². The summed E-state index contributed by atoms with van der Waals surface area (Å²) in [5.41, 5.74) is 0.161. The van der Waals surface area contributed by atoms with E-state index in [0.29, 0.717) is 5.65 Å². The van der Waals surface area contributed by atoms with Crippen molar-refractivity contribution in [2.45, 2.75) is 11.4 Å². The molecule has 0 fully saturated rings. The van der Waals surface area contributed by atoms with Crippen LogP contribution in [0.15, 0.2) is 64.4 Å². The van der Waals surface area contributed by atoms with Crippen LogP contribution >= 0.6 is 0 Å². The molecule has 0 saturated carbocycles. The van der Waals surface area contributed by atoms with Crippen molar-refractivity contribution < 1.29 is 8.42 Å². The van der Waals surface area contributed by atoms with Crippen LogP contribution in [0.2, 0.25) is 0 Å². The third-order valence-corrected chi connectivity index (χ3v) is 4.87. The SMILES string of the molecule is O=c1n(CCS(=O)(=O)c2ccccc2)nc2ccccn12. The van der Waals surface area contributed by atoms with E-state index in [9.17, 15) is 13.2 Å². The Hall–Kier alpha value is -2.41. The molecule has 0 amide bonds. The van der Waals surface area contributed by atoms with Crippen LogP contribution in [-0.2, 0) is 16.4 Å². The first-order chi connectivity index (χ1) is 10.1. The number of aryl methyl sites for hydroxylation is 1. The van der Waals surface area contributed by atoms with Gasteiger partial charge in [-0.15, -0.1) is 5.10 Å². The quantitative estimate of drug-likeness (QED) is 0.720. The maximum absolute atomic E-state index is 12.2. The van der Waals surface area contributed by atoms with Crippen molar-refractivity contribution in [2.24, 2.45) is 0 Å². The molecule has 2 heterocycles. The molecule has 0 radical (unpaired) electrons. The standard InChI is InChI=1S/C14H13N3O3S/c18-14-16-9-5-4-8-13(16)15-17(14)10-11-21(19,20)12-6-2-1-3-7-12/h1-9H,10-11H2. The van der Waals surface area contributed by atoms with Crippen molar-refractivity contribution in [2.75, 3.05) is 5.75 Å². The van der Waals surface area contributed by atoms with Crippen LogP contribution in [0.1, 0.15) is 0 Å². The molecule has 0 aliphatic heterocycles. The van der Waals surface area contributed by atoms with Crippen LogP contribution in [0.3, 0.4) is 0 Å². The number of sulfone groups is 1. The predicted molar refractivity (Wildman–Crippen MR) is 77.9 cm³/mol. The van der Waals surface area contributed by atoms with Gasteiger partial charge in [0.05, 0.1) is 17.2 Å². The van der Waals surface area contributed by atoms with Gasteiger partial charge >= 0.3 is 5.69 Å². The lowest BCUT2D eigenvalue weighted by Crippen LogP contribution is -2.25. The lowest BCUT2D eigenvalue weighted by molar-refractivity contribution is 0.576. The molecule has 21 heavy (non-hydrogen) atoms. The summed E-state index contributed by atoms with van der Waals surface area (Å²) in [5, 5.41) is 4.11. The zero-order chi connectivity index (χ0) is 14.9. The Morgan fingerprint density at radius 1 is 1.00 bits per heavy atom. The maximum atomic E-state index is 12.2. The number of pyridine rings is 1. The molecule has 3 rings (SSSR count). The molecule has 7 heteroatoms. The van der Waals surface area contributed by atoms with Crippen molar-refractivity contribution in [3.05, 3.63) is 65.2 Å². The number of rotatable bonds is 4. The van der Waals surface area contributed by atoms with Crippen molar-refractivity contribution in [1.82, 2.24) is 14.2 Å². The van der Waals surface area contributed by atoms with Crippen molar-refractivity contribution >= 4 is 15.5 Å². The summed E-state index contributed by atoms with van der Waals surface area (Å²) in [4.78, 5) is 12.3. The van der Waals surface area contributed by atoms with Gasteiger partial charge in [-0.3, -0.25) is 4.40 Å². The highest BCUT2D eigenvalue weighted by molar-refractivity contribution is 7.91. The average Bonchev–Trinajstić information content (AvgIpc) is 2.83. The van der Waals surface area contributed by atoms with E-state index >= 15 is 0 Å². The van der Waals surface area contributed by atoms with Gasteiger partial charge in [0.1, 0.15) is 0 Å². The second-order valence-corrected chi connectivity index (χ2v) is 6.68. The molecule has 3 aromatic rings. The van der Waals surface area contributed by atoms with Crippen molar-refractivity contribution in [3.8, 4) is 0 Å². The number of hydrogen-bond acceptors (Lipinski definition) is 4. The molecule has 0 unspecified atom stereocenters. The van der Waals surface area contributed by atoms with E-state index in [1.165, 1.54) is 9.08 Å². The number of hydrogen-bond donors (Lipinski definition) is 0. The molecule has 0 N–H and O–H groups in total.